The minimum absolute atomic E-state index is 0.0385. The molecule has 1 aromatic rings. The third-order valence-corrected chi connectivity index (χ3v) is 2.94. The molecule has 1 N–H and O–H groups in total. The average Bonchev–Trinajstić information content (AvgIpc) is 2.28. The highest BCUT2D eigenvalue weighted by Gasteiger charge is 2.18. The molecule has 5 nitrogen and oxygen atoms in total. The van der Waals surface area contributed by atoms with Crippen molar-refractivity contribution < 1.29 is 14.1 Å². The SMILES string of the molecule is CC(C)NCCOc1cc(F)c(I)cc1[N+](=O)[O-]. The lowest BCUT2D eigenvalue weighted by molar-refractivity contribution is -0.386. The number of benzene rings is 1. The van der Waals surface area contributed by atoms with Gasteiger partial charge in [-0.2, -0.15) is 0 Å². The van der Waals surface area contributed by atoms with E-state index in [0.717, 1.165) is 6.07 Å². The zero-order valence-electron chi connectivity index (χ0n) is 10.1. The number of nitro groups is 1. The Kier molecular flexibility index (Phi) is 5.73. The lowest BCUT2D eigenvalue weighted by Gasteiger charge is -2.10. The Morgan fingerprint density at radius 2 is 2.22 bits per heavy atom. The summed E-state index contributed by atoms with van der Waals surface area (Å²) in [6.07, 6.45) is 0. The molecule has 18 heavy (non-hydrogen) atoms. The molecule has 0 aliphatic carbocycles. The van der Waals surface area contributed by atoms with Crippen molar-refractivity contribution in [3.63, 3.8) is 0 Å². The fourth-order valence-corrected chi connectivity index (χ4v) is 1.74. The predicted molar refractivity (Wildman–Crippen MR) is 74.4 cm³/mol. The third-order valence-electron chi connectivity index (χ3n) is 2.11. The monoisotopic (exact) mass is 368 g/mol. The molecule has 0 fully saturated rings. The predicted octanol–water partition coefficient (Wildman–Crippen LogP) is 2.72. The number of rotatable bonds is 6. The van der Waals surface area contributed by atoms with E-state index in [9.17, 15) is 14.5 Å². The molecule has 100 valence electrons. The molecule has 1 rings (SSSR count). The van der Waals surface area contributed by atoms with E-state index < -0.39 is 10.7 Å². The zero-order chi connectivity index (χ0) is 13.7. The van der Waals surface area contributed by atoms with Gasteiger partial charge in [0.15, 0.2) is 5.75 Å². The smallest absolute Gasteiger partial charge is 0.312 e. The number of hydrogen-bond acceptors (Lipinski definition) is 4. The van der Waals surface area contributed by atoms with E-state index in [1.807, 2.05) is 13.8 Å². The second-order valence-corrected chi connectivity index (χ2v) is 5.11. The van der Waals surface area contributed by atoms with Crippen LogP contribution in [0.4, 0.5) is 10.1 Å². The van der Waals surface area contributed by atoms with Gasteiger partial charge in [-0.1, -0.05) is 13.8 Å². The van der Waals surface area contributed by atoms with Gasteiger partial charge >= 0.3 is 5.69 Å². The molecule has 0 saturated carbocycles. The van der Waals surface area contributed by atoms with E-state index in [-0.39, 0.29) is 21.6 Å². The largest absolute Gasteiger partial charge is 0.485 e. The molecule has 0 amide bonds. The first-order valence-electron chi connectivity index (χ1n) is 5.41. The van der Waals surface area contributed by atoms with Gasteiger partial charge in [0.05, 0.1) is 8.49 Å². The Labute approximate surface area is 118 Å². The lowest BCUT2D eigenvalue weighted by atomic mass is 10.3. The van der Waals surface area contributed by atoms with Crippen LogP contribution in [0.25, 0.3) is 0 Å². The first-order chi connectivity index (χ1) is 8.41. The maximum atomic E-state index is 13.3. The summed E-state index contributed by atoms with van der Waals surface area (Å²) in [7, 11) is 0. The van der Waals surface area contributed by atoms with Crippen molar-refractivity contribution >= 4 is 28.3 Å². The first-order valence-corrected chi connectivity index (χ1v) is 6.49. The normalized spacial score (nSPS) is 10.7. The Bertz CT molecular complexity index is 441. The fraction of sp³-hybridized carbons (Fsp3) is 0.455. The highest BCUT2D eigenvalue weighted by molar-refractivity contribution is 14.1. The van der Waals surface area contributed by atoms with Crippen molar-refractivity contribution in [2.75, 3.05) is 13.2 Å². The van der Waals surface area contributed by atoms with Crippen molar-refractivity contribution in [1.82, 2.24) is 5.32 Å². The number of ether oxygens (including phenoxy) is 1. The maximum Gasteiger partial charge on any atom is 0.312 e. The summed E-state index contributed by atoms with van der Waals surface area (Å²) in [6.45, 7) is 4.75. The Balaban J connectivity index is 2.74. The van der Waals surface area contributed by atoms with Gasteiger partial charge in [0.2, 0.25) is 0 Å². The first kappa shape index (κ1) is 15.1. The lowest BCUT2D eigenvalue weighted by Crippen LogP contribution is -2.27. The second kappa shape index (κ2) is 6.83. The molecule has 0 aromatic heterocycles. The molecule has 0 saturated heterocycles. The molecule has 0 atom stereocenters. The van der Waals surface area contributed by atoms with Crippen LogP contribution < -0.4 is 10.1 Å². The van der Waals surface area contributed by atoms with Crippen LogP contribution in [-0.2, 0) is 0 Å². The molecule has 0 spiro atoms. The minimum Gasteiger partial charge on any atom is -0.485 e. The van der Waals surface area contributed by atoms with E-state index in [1.54, 1.807) is 22.6 Å². The van der Waals surface area contributed by atoms with Gasteiger partial charge in [0.1, 0.15) is 12.4 Å². The molecular weight excluding hydrogens is 354 g/mol. The second-order valence-electron chi connectivity index (χ2n) is 3.95. The van der Waals surface area contributed by atoms with Gasteiger partial charge in [0.25, 0.3) is 0 Å². The molecule has 0 aliphatic rings. The Morgan fingerprint density at radius 1 is 1.56 bits per heavy atom. The molecule has 0 radical (unpaired) electrons. The summed E-state index contributed by atoms with van der Waals surface area (Å²) in [5.41, 5.74) is -0.217. The number of nitrogens with one attached hydrogen (secondary N) is 1. The van der Waals surface area contributed by atoms with Crippen LogP contribution in [0.5, 0.6) is 5.75 Å². The van der Waals surface area contributed by atoms with E-state index in [4.69, 9.17) is 4.74 Å². The molecule has 1 aromatic carbocycles. The zero-order valence-corrected chi connectivity index (χ0v) is 12.2. The summed E-state index contributed by atoms with van der Waals surface area (Å²) in [5.74, 6) is -0.559. The van der Waals surface area contributed by atoms with Gasteiger partial charge in [-0.25, -0.2) is 4.39 Å². The Hall–Kier alpha value is -0.960. The van der Waals surface area contributed by atoms with Crippen LogP contribution in [0.1, 0.15) is 13.8 Å². The number of hydrogen-bond donors (Lipinski definition) is 1. The van der Waals surface area contributed by atoms with Gasteiger partial charge in [-0.15, -0.1) is 0 Å². The number of nitrogens with zero attached hydrogens (tertiary/aromatic N) is 1. The van der Waals surface area contributed by atoms with Crippen LogP contribution in [0.15, 0.2) is 12.1 Å². The van der Waals surface area contributed by atoms with Gasteiger partial charge < -0.3 is 10.1 Å². The summed E-state index contributed by atoms with van der Waals surface area (Å²) in [4.78, 5) is 10.2. The quantitative estimate of drug-likeness (QED) is 0.363. The topological polar surface area (TPSA) is 64.4 Å². The minimum atomic E-state index is -0.577. The van der Waals surface area contributed by atoms with E-state index in [2.05, 4.69) is 5.32 Å². The highest BCUT2D eigenvalue weighted by atomic mass is 127. The molecule has 7 heteroatoms. The Morgan fingerprint density at radius 3 is 2.78 bits per heavy atom. The van der Waals surface area contributed by atoms with Crippen LogP contribution in [0.2, 0.25) is 0 Å². The van der Waals surface area contributed by atoms with Crippen molar-refractivity contribution in [2.45, 2.75) is 19.9 Å². The van der Waals surface area contributed by atoms with Gasteiger partial charge in [-0.3, -0.25) is 10.1 Å². The van der Waals surface area contributed by atoms with Gasteiger partial charge in [0, 0.05) is 24.7 Å². The summed E-state index contributed by atoms with van der Waals surface area (Å²) < 4.78 is 18.8. The van der Waals surface area contributed by atoms with Crippen molar-refractivity contribution in [3.8, 4) is 5.75 Å². The molecule has 0 heterocycles. The van der Waals surface area contributed by atoms with Crippen molar-refractivity contribution in [3.05, 3.63) is 31.6 Å². The third kappa shape index (κ3) is 4.37. The van der Waals surface area contributed by atoms with Crippen molar-refractivity contribution in [1.29, 1.82) is 0 Å². The van der Waals surface area contributed by atoms with Crippen LogP contribution in [0, 0.1) is 19.5 Å². The average molecular weight is 368 g/mol. The maximum absolute atomic E-state index is 13.3. The van der Waals surface area contributed by atoms with Crippen molar-refractivity contribution in [2.24, 2.45) is 0 Å². The van der Waals surface area contributed by atoms with Crippen LogP contribution in [-0.4, -0.2) is 24.1 Å². The fourth-order valence-electron chi connectivity index (χ4n) is 1.28. The highest BCUT2D eigenvalue weighted by Crippen LogP contribution is 2.30. The number of nitro benzene ring substituents is 1. The summed E-state index contributed by atoms with van der Waals surface area (Å²) in [5, 5.41) is 13.9. The number of halogens is 2. The molecular formula is C11H14FIN2O3. The standard InChI is InChI=1S/C11H14FIN2O3/c1-7(2)14-3-4-18-11-5-8(12)9(13)6-10(11)15(16)17/h5-7,14H,3-4H2,1-2H3. The molecule has 0 unspecified atom stereocenters. The van der Waals surface area contributed by atoms with Crippen LogP contribution >= 0.6 is 22.6 Å². The van der Waals surface area contributed by atoms with E-state index >= 15 is 0 Å². The van der Waals surface area contributed by atoms with E-state index in [1.165, 1.54) is 6.07 Å². The molecule has 0 bridgehead atoms. The van der Waals surface area contributed by atoms with Crippen LogP contribution in [0.3, 0.4) is 0 Å². The molecule has 0 aliphatic heterocycles. The summed E-state index contributed by atoms with van der Waals surface area (Å²) in [6, 6.07) is 2.52. The van der Waals surface area contributed by atoms with E-state index in [0.29, 0.717) is 12.6 Å². The van der Waals surface area contributed by atoms with Gasteiger partial charge in [-0.05, 0) is 22.6 Å². The summed E-state index contributed by atoms with van der Waals surface area (Å²) >= 11 is 1.71.